The third-order valence-electron chi connectivity index (χ3n) is 3.02. The largest absolute Gasteiger partial charge is 0.491 e. The van der Waals surface area contributed by atoms with Gasteiger partial charge in [0.2, 0.25) is 5.91 Å². The highest BCUT2D eigenvalue weighted by Crippen LogP contribution is 2.21. The Morgan fingerprint density at radius 3 is 2.68 bits per heavy atom. The van der Waals surface area contributed by atoms with Crippen LogP contribution in [-0.2, 0) is 9.53 Å². The number of nitrogens with one attached hydrogen (secondary N) is 2. The van der Waals surface area contributed by atoms with E-state index in [2.05, 4.69) is 15.6 Å². The average Bonchev–Trinajstić information content (AvgIpc) is 2.61. The Hall–Kier alpha value is -2.02. The fourth-order valence-corrected chi connectivity index (χ4v) is 2.33. The minimum Gasteiger partial charge on any atom is -0.491 e. The van der Waals surface area contributed by atoms with Gasteiger partial charge in [-0.05, 0) is 18.2 Å². The minimum atomic E-state index is -0.198. The number of rotatable bonds is 10. The van der Waals surface area contributed by atoms with E-state index in [-0.39, 0.29) is 12.5 Å². The van der Waals surface area contributed by atoms with Gasteiger partial charge in [0.05, 0.1) is 16.7 Å². The number of carbonyl (C=O) groups excluding carboxylic acids is 1. The van der Waals surface area contributed by atoms with Crippen LogP contribution in [0.3, 0.4) is 0 Å². The summed E-state index contributed by atoms with van der Waals surface area (Å²) in [5.41, 5.74) is 0. The van der Waals surface area contributed by atoms with Crippen LogP contribution in [0.1, 0.15) is 0 Å². The Balaban J connectivity index is 1.51. The molecule has 1 aromatic carbocycles. The van der Waals surface area contributed by atoms with E-state index in [1.807, 2.05) is 30.3 Å². The van der Waals surface area contributed by atoms with Crippen LogP contribution in [-0.4, -0.2) is 43.8 Å². The van der Waals surface area contributed by atoms with E-state index in [1.54, 1.807) is 6.07 Å². The molecule has 0 unspecified atom stereocenters. The number of halogens is 2. The Morgan fingerprint density at radius 2 is 1.92 bits per heavy atom. The maximum atomic E-state index is 11.6. The average molecular weight is 384 g/mol. The smallest absolute Gasteiger partial charge is 0.246 e. The van der Waals surface area contributed by atoms with E-state index in [4.69, 9.17) is 32.7 Å². The van der Waals surface area contributed by atoms with Crippen LogP contribution in [0.15, 0.2) is 42.6 Å². The first-order chi connectivity index (χ1) is 12.1. The molecular formula is C17H19Cl2N3O3. The fraction of sp³-hybridized carbons (Fsp3) is 0.294. The molecular weight excluding hydrogens is 365 g/mol. The number of ether oxygens (including phenoxy) is 2. The van der Waals surface area contributed by atoms with Gasteiger partial charge >= 0.3 is 0 Å². The maximum Gasteiger partial charge on any atom is 0.246 e. The molecule has 1 heterocycles. The summed E-state index contributed by atoms with van der Waals surface area (Å²) >= 11 is 11.8. The van der Waals surface area contributed by atoms with Gasteiger partial charge in [-0.25, -0.2) is 4.98 Å². The first kappa shape index (κ1) is 19.3. The van der Waals surface area contributed by atoms with Crippen LogP contribution in [0.5, 0.6) is 5.75 Å². The van der Waals surface area contributed by atoms with Crippen LogP contribution in [0.25, 0.3) is 0 Å². The molecule has 134 valence electrons. The Morgan fingerprint density at radius 1 is 1.12 bits per heavy atom. The van der Waals surface area contributed by atoms with Crippen molar-refractivity contribution >= 4 is 34.9 Å². The predicted molar refractivity (Wildman–Crippen MR) is 98.5 cm³/mol. The van der Waals surface area contributed by atoms with Gasteiger partial charge in [0.25, 0.3) is 0 Å². The second-order valence-electron chi connectivity index (χ2n) is 4.97. The van der Waals surface area contributed by atoms with Crippen LogP contribution in [0.4, 0.5) is 5.82 Å². The fourth-order valence-electron chi connectivity index (χ4n) is 1.88. The van der Waals surface area contributed by atoms with Gasteiger partial charge in [0.1, 0.15) is 24.8 Å². The zero-order valence-corrected chi connectivity index (χ0v) is 15.0. The lowest BCUT2D eigenvalue weighted by molar-refractivity contribution is -0.125. The third-order valence-corrected chi connectivity index (χ3v) is 3.52. The normalized spacial score (nSPS) is 10.3. The zero-order chi connectivity index (χ0) is 17.9. The topological polar surface area (TPSA) is 72.5 Å². The summed E-state index contributed by atoms with van der Waals surface area (Å²) in [5.74, 6) is 1.10. The number of hydrogen-bond acceptors (Lipinski definition) is 5. The molecule has 0 bridgehead atoms. The SMILES string of the molecule is O=C(COCCOc1ccccc1)NCCNc1ncc(Cl)cc1Cl. The van der Waals surface area contributed by atoms with E-state index in [9.17, 15) is 4.79 Å². The first-order valence-corrected chi connectivity index (χ1v) is 8.48. The Labute approximate surface area is 156 Å². The molecule has 6 nitrogen and oxygen atoms in total. The van der Waals surface area contributed by atoms with Crippen molar-refractivity contribution in [2.24, 2.45) is 0 Å². The molecule has 1 amide bonds. The van der Waals surface area contributed by atoms with Crippen molar-refractivity contribution in [3.8, 4) is 5.75 Å². The highest BCUT2D eigenvalue weighted by atomic mass is 35.5. The van der Waals surface area contributed by atoms with E-state index >= 15 is 0 Å². The van der Waals surface area contributed by atoms with Crippen molar-refractivity contribution in [3.63, 3.8) is 0 Å². The van der Waals surface area contributed by atoms with E-state index in [0.717, 1.165) is 5.75 Å². The van der Waals surface area contributed by atoms with Gasteiger partial charge in [-0.1, -0.05) is 41.4 Å². The molecule has 0 fully saturated rings. The molecule has 0 aliphatic rings. The van der Waals surface area contributed by atoms with Crippen molar-refractivity contribution in [3.05, 3.63) is 52.6 Å². The van der Waals surface area contributed by atoms with Gasteiger partial charge in [-0.15, -0.1) is 0 Å². The molecule has 0 radical (unpaired) electrons. The molecule has 0 aliphatic carbocycles. The lowest BCUT2D eigenvalue weighted by atomic mass is 10.3. The number of hydrogen-bond donors (Lipinski definition) is 2. The van der Waals surface area contributed by atoms with Gasteiger partial charge in [0.15, 0.2) is 0 Å². The van der Waals surface area contributed by atoms with Crippen molar-refractivity contribution in [1.29, 1.82) is 0 Å². The molecule has 0 aliphatic heterocycles. The number of benzene rings is 1. The summed E-state index contributed by atoms with van der Waals surface area (Å²) in [6, 6.07) is 11.0. The van der Waals surface area contributed by atoms with Crippen molar-refractivity contribution in [2.45, 2.75) is 0 Å². The second-order valence-corrected chi connectivity index (χ2v) is 5.82. The molecule has 2 N–H and O–H groups in total. The zero-order valence-electron chi connectivity index (χ0n) is 13.5. The lowest BCUT2D eigenvalue weighted by Crippen LogP contribution is -2.32. The summed E-state index contributed by atoms with van der Waals surface area (Å²) in [6.45, 7) is 1.61. The summed E-state index contributed by atoms with van der Waals surface area (Å²) in [5, 5.41) is 6.64. The standard InChI is InChI=1S/C17H19Cl2N3O3/c18-13-10-15(19)17(22-11-13)21-7-6-20-16(23)12-24-8-9-25-14-4-2-1-3-5-14/h1-5,10-11H,6-9,12H2,(H,20,23)(H,21,22). The van der Waals surface area contributed by atoms with Crippen LogP contribution >= 0.6 is 23.2 Å². The van der Waals surface area contributed by atoms with E-state index in [0.29, 0.717) is 42.2 Å². The highest BCUT2D eigenvalue weighted by molar-refractivity contribution is 6.35. The van der Waals surface area contributed by atoms with Crippen LogP contribution in [0.2, 0.25) is 10.0 Å². The molecule has 2 aromatic rings. The predicted octanol–water partition coefficient (Wildman–Crippen LogP) is 3.01. The number of pyridine rings is 1. The Kier molecular flexibility index (Phi) is 8.31. The molecule has 2 rings (SSSR count). The van der Waals surface area contributed by atoms with Gasteiger partial charge in [-0.2, -0.15) is 0 Å². The van der Waals surface area contributed by atoms with Gasteiger partial charge < -0.3 is 20.1 Å². The molecule has 1 aromatic heterocycles. The van der Waals surface area contributed by atoms with E-state index < -0.39 is 0 Å². The summed E-state index contributed by atoms with van der Waals surface area (Å²) < 4.78 is 10.7. The number of amides is 1. The first-order valence-electron chi connectivity index (χ1n) is 7.72. The minimum absolute atomic E-state index is 0.0158. The summed E-state index contributed by atoms with van der Waals surface area (Å²) in [7, 11) is 0. The van der Waals surface area contributed by atoms with Crippen molar-refractivity contribution in [2.75, 3.05) is 38.2 Å². The molecule has 0 spiro atoms. The molecule has 25 heavy (non-hydrogen) atoms. The molecule has 0 atom stereocenters. The van der Waals surface area contributed by atoms with Gasteiger partial charge in [0, 0.05) is 19.3 Å². The molecule has 0 saturated carbocycles. The van der Waals surface area contributed by atoms with Crippen molar-refractivity contribution < 1.29 is 14.3 Å². The number of aromatic nitrogens is 1. The number of anilines is 1. The number of carbonyl (C=O) groups is 1. The maximum absolute atomic E-state index is 11.6. The van der Waals surface area contributed by atoms with Crippen molar-refractivity contribution in [1.82, 2.24) is 10.3 Å². The third kappa shape index (κ3) is 7.60. The summed E-state index contributed by atoms with van der Waals surface area (Å²) in [4.78, 5) is 15.7. The monoisotopic (exact) mass is 383 g/mol. The van der Waals surface area contributed by atoms with Gasteiger partial charge in [-0.3, -0.25) is 4.79 Å². The molecule has 8 heteroatoms. The Bertz CT molecular complexity index is 671. The van der Waals surface area contributed by atoms with Crippen LogP contribution in [0, 0.1) is 0 Å². The highest BCUT2D eigenvalue weighted by Gasteiger charge is 2.03. The van der Waals surface area contributed by atoms with E-state index in [1.165, 1.54) is 6.20 Å². The second kappa shape index (κ2) is 10.8. The van der Waals surface area contributed by atoms with Crippen LogP contribution < -0.4 is 15.4 Å². The molecule has 0 saturated heterocycles. The number of nitrogens with zero attached hydrogens (tertiary/aromatic N) is 1. The summed E-state index contributed by atoms with van der Waals surface area (Å²) in [6.07, 6.45) is 1.50. The lowest BCUT2D eigenvalue weighted by Gasteiger charge is -2.09. The quantitative estimate of drug-likeness (QED) is 0.617. The number of para-hydroxylation sites is 1.